The molecule has 3 rings (SSSR count). The van der Waals surface area contributed by atoms with Gasteiger partial charge in [-0.3, -0.25) is 9.79 Å². The zero-order valence-electron chi connectivity index (χ0n) is 14.2. The van der Waals surface area contributed by atoms with Gasteiger partial charge in [-0.25, -0.2) is 4.99 Å². The number of aliphatic imine (C=N–C) groups is 2. The summed E-state index contributed by atoms with van der Waals surface area (Å²) in [6.45, 7) is 0.265. The predicted octanol–water partition coefficient (Wildman–Crippen LogP) is 5.93. The maximum atomic E-state index is 12.4. The van der Waals surface area contributed by atoms with Crippen molar-refractivity contribution in [1.29, 1.82) is 0 Å². The Bertz CT molecular complexity index is 876. The van der Waals surface area contributed by atoms with Crippen LogP contribution in [0.15, 0.2) is 49.5 Å². The molecule has 1 unspecified atom stereocenters. The third-order valence-electron chi connectivity index (χ3n) is 4.24. The van der Waals surface area contributed by atoms with Crippen LogP contribution in [0.25, 0.3) is 11.1 Å². The van der Waals surface area contributed by atoms with Gasteiger partial charge in [-0.15, -0.1) is 0 Å². The molecule has 3 nitrogen and oxygen atoms in total. The SMILES string of the molecule is O=C1C=NC(c2cc(Br)cc(-c3ccsc3)c2)=NCCC1CCC(F)(F)F. The molecule has 0 saturated carbocycles. The van der Waals surface area contributed by atoms with Crippen LogP contribution in [0, 0.1) is 5.92 Å². The molecule has 0 spiro atoms. The number of thiophene rings is 1. The number of carbonyl (C=O) groups is 1. The highest BCUT2D eigenvalue weighted by molar-refractivity contribution is 9.10. The van der Waals surface area contributed by atoms with E-state index in [1.54, 1.807) is 11.3 Å². The summed E-state index contributed by atoms with van der Waals surface area (Å²) in [4.78, 5) is 20.8. The average molecular weight is 457 g/mol. The van der Waals surface area contributed by atoms with Crippen molar-refractivity contribution in [2.75, 3.05) is 6.54 Å². The number of amidine groups is 1. The number of ketones is 1. The number of carbonyl (C=O) groups excluding carboxylic acids is 1. The average Bonchev–Trinajstić information content (AvgIpc) is 3.11. The third-order valence-corrected chi connectivity index (χ3v) is 5.38. The summed E-state index contributed by atoms with van der Waals surface area (Å²) in [6.07, 6.45) is -4.05. The molecule has 0 fully saturated rings. The number of Topliss-reactive ketones (excluding diaryl/α,β-unsaturated/α-hetero) is 1. The van der Waals surface area contributed by atoms with Gasteiger partial charge in [0.05, 0.1) is 6.21 Å². The van der Waals surface area contributed by atoms with Gasteiger partial charge in [-0.1, -0.05) is 15.9 Å². The number of halogens is 4. The molecule has 1 atom stereocenters. The molecule has 0 N–H and O–H groups in total. The van der Waals surface area contributed by atoms with Gasteiger partial charge in [0, 0.05) is 28.9 Å². The van der Waals surface area contributed by atoms with Gasteiger partial charge < -0.3 is 0 Å². The van der Waals surface area contributed by atoms with E-state index in [-0.39, 0.29) is 25.2 Å². The zero-order chi connectivity index (χ0) is 19.4. The molecule has 27 heavy (non-hydrogen) atoms. The lowest BCUT2D eigenvalue weighted by Crippen LogP contribution is -2.22. The molecule has 0 radical (unpaired) electrons. The van der Waals surface area contributed by atoms with Gasteiger partial charge in [0.2, 0.25) is 0 Å². The lowest BCUT2D eigenvalue weighted by molar-refractivity contribution is -0.139. The fourth-order valence-electron chi connectivity index (χ4n) is 2.84. The molecule has 1 aromatic heterocycles. The van der Waals surface area contributed by atoms with Gasteiger partial charge in [-0.05, 0) is 59.0 Å². The topological polar surface area (TPSA) is 41.8 Å². The monoisotopic (exact) mass is 456 g/mol. The summed E-state index contributed by atoms with van der Waals surface area (Å²) in [7, 11) is 0. The van der Waals surface area contributed by atoms with Crippen LogP contribution in [-0.2, 0) is 4.79 Å². The number of rotatable bonds is 4. The first-order valence-electron chi connectivity index (χ1n) is 8.34. The predicted molar refractivity (Wildman–Crippen MR) is 106 cm³/mol. The molecular formula is C19H16BrF3N2OS. The Morgan fingerprint density at radius 1 is 1.19 bits per heavy atom. The van der Waals surface area contributed by atoms with Crippen molar-refractivity contribution in [3.8, 4) is 11.1 Å². The number of hydrogen-bond donors (Lipinski definition) is 0. The van der Waals surface area contributed by atoms with E-state index in [0.29, 0.717) is 5.84 Å². The van der Waals surface area contributed by atoms with Crippen LogP contribution in [0.3, 0.4) is 0 Å². The molecule has 1 aromatic carbocycles. The van der Waals surface area contributed by atoms with Crippen LogP contribution >= 0.6 is 27.3 Å². The van der Waals surface area contributed by atoms with E-state index in [2.05, 4.69) is 25.9 Å². The van der Waals surface area contributed by atoms with Gasteiger partial charge in [-0.2, -0.15) is 24.5 Å². The van der Waals surface area contributed by atoms with E-state index in [0.717, 1.165) is 27.4 Å². The minimum atomic E-state index is -4.26. The Balaban J connectivity index is 1.79. The summed E-state index contributed by atoms with van der Waals surface area (Å²) in [5, 5.41) is 4.02. The van der Waals surface area contributed by atoms with Crippen molar-refractivity contribution >= 4 is 45.1 Å². The summed E-state index contributed by atoms with van der Waals surface area (Å²) in [5.74, 6) is -0.653. The molecule has 2 heterocycles. The van der Waals surface area contributed by atoms with E-state index in [9.17, 15) is 18.0 Å². The second kappa shape index (κ2) is 8.48. The van der Waals surface area contributed by atoms with E-state index in [1.165, 1.54) is 0 Å². The molecule has 0 amide bonds. The van der Waals surface area contributed by atoms with Crippen molar-refractivity contribution in [1.82, 2.24) is 0 Å². The summed E-state index contributed by atoms with van der Waals surface area (Å²) >= 11 is 5.08. The number of benzene rings is 1. The Morgan fingerprint density at radius 2 is 1.96 bits per heavy atom. The fourth-order valence-corrected chi connectivity index (χ4v) is 4.00. The minimum absolute atomic E-state index is 0.224. The van der Waals surface area contributed by atoms with E-state index in [4.69, 9.17) is 0 Å². The van der Waals surface area contributed by atoms with Gasteiger partial charge in [0.25, 0.3) is 0 Å². The van der Waals surface area contributed by atoms with Crippen LogP contribution in [0.2, 0.25) is 0 Å². The maximum absolute atomic E-state index is 12.4. The van der Waals surface area contributed by atoms with E-state index in [1.807, 2.05) is 35.0 Å². The Labute approximate surface area is 167 Å². The first-order chi connectivity index (χ1) is 12.8. The highest BCUT2D eigenvalue weighted by atomic mass is 79.9. The quantitative estimate of drug-likeness (QED) is 0.562. The smallest absolute Gasteiger partial charge is 0.293 e. The molecular weight excluding hydrogens is 441 g/mol. The lowest BCUT2D eigenvalue weighted by Gasteiger charge is -2.16. The van der Waals surface area contributed by atoms with Crippen LogP contribution in [0.4, 0.5) is 13.2 Å². The van der Waals surface area contributed by atoms with Crippen molar-refractivity contribution in [2.24, 2.45) is 15.9 Å². The molecule has 0 aliphatic carbocycles. The maximum Gasteiger partial charge on any atom is 0.389 e. The zero-order valence-corrected chi connectivity index (χ0v) is 16.6. The number of alkyl halides is 3. The molecule has 0 saturated heterocycles. The highest BCUT2D eigenvalue weighted by Crippen LogP contribution is 2.28. The Kier molecular flexibility index (Phi) is 6.26. The van der Waals surface area contributed by atoms with Crippen molar-refractivity contribution in [2.45, 2.75) is 25.4 Å². The van der Waals surface area contributed by atoms with Gasteiger partial charge in [0.1, 0.15) is 0 Å². The normalized spacial score (nSPS) is 18.1. The van der Waals surface area contributed by atoms with E-state index >= 15 is 0 Å². The second-order valence-corrected chi connectivity index (χ2v) is 7.94. The molecule has 1 aliphatic heterocycles. The first-order valence-corrected chi connectivity index (χ1v) is 10.1. The third kappa shape index (κ3) is 5.59. The van der Waals surface area contributed by atoms with Crippen LogP contribution < -0.4 is 0 Å². The van der Waals surface area contributed by atoms with Gasteiger partial charge in [0.15, 0.2) is 11.6 Å². The van der Waals surface area contributed by atoms with Crippen molar-refractivity contribution in [3.63, 3.8) is 0 Å². The molecule has 2 aromatic rings. The number of hydrogen-bond acceptors (Lipinski definition) is 4. The number of nitrogens with zero attached hydrogens (tertiary/aromatic N) is 2. The fraction of sp³-hybridized carbons (Fsp3) is 0.316. The summed E-state index contributed by atoms with van der Waals surface area (Å²) in [6, 6.07) is 7.79. The van der Waals surface area contributed by atoms with Crippen molar-refractivity contribution < 1.29 is 18.0 Å². The Morgan fingerprint density at radius 3 is 2.67 bits per heavy atom. The highest BCUT2D eigenvalue weighted by Gasteiger charge is 2.30. The Hall–Kier alpha value is -1.80. The van der Waals surface area contributed by atoms with Crippen molar-refractivity contribution in [3.05, 3.63) is 45.1 Å². The minimum Gasteiger partial charge on any atom is -0.293 e. The van der Waals surface area contributed by atoms with Crippen LogP contribution in [0.5, 0.6) is 0 Å². The standard InChI is InChI=1S/C19H16BrF3N2OS/c20-16-8-14(13-3-6-27-11-13)7-15(9-16)18-24-5-2-12(17(26)10-25-18)1-4-19(21,22)23/h3,6-12H,1-2,4-5H2. The molecule has 142 valence electrons. The molecule has 1 aliphatic rings. The van der Waals surface area contributed by atoms with Crippen LogP contribution in [-0.4, -0.2) is 30.6 Å². The summed E-state index contributed by atoms with van der Waals surface area (Å²) in [5.41, 5.74) is 2.82. The molecule has 8 heteroatoms. The van der Waals surface area contributed by atoms with E-state index < -0.39 is 18.5 Å². The molecule has 0 bridgehead atoms. The second-order valence-electron chi connectivity index (χ2n) is 6.25. The largest absolute Gasteiger partial charge is 0.389 e. The van der Waals surface area contributed by atoms with Crippen LogP contribution in [0.1, 0.15) is 24.8 Å². The lowest BCUT2D eigenvalue weighted by atomic mass is 9.94. The summed E-state index contributed by atoms with van der Waals surface area (Å²) < 4.78 is 38.1. The van der Waals surface area contributed by atoms with Gasteiger partial charge >= 0.3 is 6.18 Å². The first kappa shape index (κ1) is 19.9.